The Kier molecular flexibility index (Phi) is 5.73. The van der Waals surface area contributed by atoms with E-state index in [1.54, 1.807) is 0 Å². The molecule has 7 heteroatoms. The fourth-order valence-corrected chi connectivity index (χ4v) is 1.89. The lowest BCUT2D eigenvalue weighted by Crippen LogP contribution is -2.03. The Bertz CT molecular complexity index is 748. The molecule has 0 spiro atoms. The van der Waals surface area contributed by atoms with Crippen LogP contribution < -0.4 is 0 Å². The SMILES string of the molecule is C=O.O=C(O)c1ccc(-c2cc(C(=O)O)ccc2C(=O)O)cc1. The highest BCUT2D eigenvalue weighted by atomic mass is 16.4. The number of hydrogen-bond donors (Lipinski definition) is 3. The van der Waals surface area contributed by atoms with Gasteiger partial charge in [0.2, 0.25) is 0 Å². The van der Waals surface area contributed by atoms with E-state index in [0.717, 1.165) is 0 Å². The van der Waals surface area contributed by atoms with Crippen LogP contribution in [0.25, 0.3) is 11.1 Å². The standard InChI is InChI=1S/C15H10O6.CH2O/c16-13(17)9-3-1-8(2-4-9)12-7-10(14(18)19)5-6-11(12)15(20)21;1-2/h1-7H,(H,16,17)(H,18,19)(H,20,21);1H2. The molecule has 3 N–H and O–H groups in total. The van der Waals surface area contributed by atoms with Crippen LogP contribution in [-0.4, -0.2) is 40.0 Å². The maximum atomic E-state index is 11.2. The second-order valence-corrected chi connectivity index (χ2v) is 4.25. The van der Waals surface area contributed by atoms with E-state index in [2.05, 4.69) is 0 Å². The lowest BCUT2D eigenvalue weighted by molar-refractivity contribution is -0.0980. The molecule has 118 valence electrons. The highest BCUT2D eigenvalue weighted by molar-refractivity contribution is 5.99. The third kappa shape index (κ3) is 4.01. The minimum absolute atomic E-state index is 0.0442. The normalized spacial score (nSPS) is 9.39. The highest BCUT2D eigenvalue weighted by Gasteiger charge is 2.15. The average molecular weight is 316 g/mol. The first-order valence-electron chi connectivity index (χ1n) is 6.13. The third-order valence-corrected chi connectivity index (χ3v) is 2.94. The van der Waals surface area contributed by atoms with Crippen molar-refractivity contribution in [1.29, 1.82) is 0 Å². The largest absolute Gasteiger partial charge is 0.478 e. The van der Waals surface area contributed by atoms with Gasteiger partial charge < -0.3 is 20.1 Å². The molecule has 0 unspecified atom stereocenters. The van der Waals surface area contributed by atoms with E-state index in [1.165, 1.54) is 42.5 Å². The number of carbonyl (C=O) groups is 4. The molecule has 0 aromatic heterocycles. The minimum Gasteiger partial charge on any atom is -0.478 e. The predicted octanol–water partition coefficient (Wildman–Crippen LogP) is 2.26. The number of aromatic carboxylic acids is 3. The maximum absolute atomic E-state index is 11.2. The van der Waals surface area contributed by atoms with Crippen LogP contribution in [0.5, 0.6) is 0 Å². The Morgan fingerprint density at radius 3 is 1.61 bits per heavy atom. The lowest BCUT2D eigenvalue weighted by Gasteiger charge is -2.08. The quantitative estimate of drug-likeness (QED) is 0.788. The predicted molar refractivity (Wildman–Crippen MR) is 79.9 cm³/mol. The summed E-state index contributed by atoms with van der Waals surface area (Å²) in [5.74, 6) is -3.46. The maximum Gasteiger partial charge on any atom is 0.336 e. The van der Waals surface area contributed by atoms with Crippen molar-refractivity contribution in [2.75, 3.05) is 0 Å². The van der Waals surface area contributed by atoms with Crippen molar-refractivity contribution in [3.05, 3.63) is 59.2 Å². The van der Waals surface area contributed by atoms with Crippen molar-refractivity contribution >= 4 is 24.7 Å². The van der Waals surface area contributed by atoms with Crippen LogP contribution in [0.3, 0.4) is 0 Å². The molecule has 0 aliphatic heterocycles. The van der Waals surface area contributed by atoms with E-state index in [-0.39, 0.29) is 22.3 Å². The summed E-state index contributed by atoms with van der Waals surface area (Å²) in [6.45, 7) is 2.00. The van der Waals surface area contributed by atoms with E-state index in [9.17, 15) is 14.4 Å². The van der Waals surface area contributed by atoms with Crippen LogP contribution >= 0.6 is 0 Å². The zero-order valence-electron chi connectivity index (χ0n) is 11.7. The van der Waals surface area contributed by atoms with Gasteiger partial charge in [-0.1, -0.05) is 12.1 Å². The summed E-state index contributed by atoms with van der Waals surface area (Å²) >= 11 is 0. The summed E-state index contributed by atoms with van der Waals surface area (Å²) in [6.07, 6.45) is 0. The van der Waals surface area contributed by atoms with E-state index in [4.69, 9.17) is 20.1 Å². The Balaban J connectivity index is 0.00000127. The molecule has 0 saturated carbocycles. The number of hydrogen-bond acceptors (Lipinski definition) is 4. The fraction of sp³-hybridized carbons (Fsp3) is 0. The van der Waals surface area contributed by atoms with Gasteiger partial charge in [0.25, 0.3) is 0 Å². The van der Waals surface area contributed by atoms with Gasteiger partial charge in [-0.2, -0.15) is 0 Å². The molecule has 0 radical (unpaired) electrons. The van der Waals surface area contributed by atoms with Gasteiger partial charge in [0, 0.05) is 0 Å². The molecule has 2 rings (SSSR count). The van der Waals surface area contributed by atoms with E-state index >= 15 is 0 Å². The first kappa shape index (κ1) is 17.6. The minimum atomic E-state index is -1.19. The van der Waals surface area contributed by atoms with Crippen LogP contribution in [-0.2, 0) is 4.79 Å². The van der Waals surface area contributed by atoms with Crippen LogP contribution in [0.1, 0.15) is 31.1 Å². The van der Waals surface area contributed by atoms with Gasteiger partial charge >= 0.3 is 17.9 Å². The fourth-order valence-electron chi connectivity index (χ4n) is 1.89. The Morgan fingerprint density at radius 1 is 0.696 bits per heavy atom. The number of benzene rings is 2. The van der Waals surface area contributed by atoms with Crippen molar-refractivity contribution in [2.45, 2.75) is 0 Å². The number of carboxylic acids is 3. The Labute approximate surface area is 130 Å². The van der Waals surface area contributed by atoms with E-state index < -0.39 is 17.9 Å². The summed E-state index contributed by atoms with van der Waals surface area (Å²) in [5.41, 5.74) is 0.616. The van der Waals surface area contributed by atoms with Crippen molar-refractivity contribution in [3.63, 3.8) is 0 Å². The highest BCUT2D eigenvalue weighted by Crippen LogP contribution is 2.26. The zero-order chi connectivity index (χ0) is 17.6. The van der Waals surface area contributed by atoms with Crippen molar-refractivity contribution < 1.29 is 34.5 Å². The molecule has 2 aromatic carbocycles. The second kappa shape index (κ2) is 7.51. The van der Waals surface area contributed by atoms with Crippen LogP contribution in [0.2, 0.25) is 0 Å². The van der Waals surface area contributed by atoms with Gasteiger partial charge in [-0.05, 0) is 41.5 Å². The monoisotopic (exact) mass is 316 g/mol. The van der Waals surface area contributed by atoms with E-state index in [1.807, 2.05) is 6.79 Å². The molecular formula is C16H12O7. The molecule has 0 saturated heterocycles. The zero-order valence-corrected chi connectivity index (χ0v) is 11.7. The molecule has 0 aliphatic carbocycles. The first-order valence-corrected chi connectivity index (χ1v) is 6.13. The van der Waals surface area contributed by atoms with Crippen LogP contribution in [0, 0.1) is 0 Å². The van der Waals surface area contributed by atoms with Crippen LogP contribution in [0.15, 0.2) is 42.5 Å². The van der Waals surface area contributed by atoms with Gasteiger partial charge in [0.05, 0.1) is 16.7 Å². The molecule has 0 bridgehead atoms. The van der Waals surface area contributed by atoms with Gasteiger partial charge in [-0.25, -0.2) is 14.4 Å². The summed E-state index contributed by atoms with van der Waals surface area (Å²) < 4.78 is 0. The van der Waals surface area contributed by atoms with Crippen molar-refractivity contribution in [3.8, 4) is 11.1 Å². The summed E-state index contributed by atoms with van der Waals surface area (Å²) in [4.78, 5) is 41.0. The molecule has 2 aromatic rings. The van der Waals surface area contributed by atoms with E-state index in [0.29, 0.717) is 5.56 Å². The van der Waals surface area contributed by atoms with Crippen molar-refractivity contribution in [1.82, 2.24) is 0 Å². The topological polar surface area (TPSA) is 129 Å². The molecular weight excluding hydrogens is 304 g/mol. The molecule has 7 nitrogen and oxygen atoms in total. The van der Waals surface area contributed by atoms with Gasteiger partial charge in [0.15, 0.2) is 0 Å². The molecule has 0 aliphatic rings. The Hall–Kier alpha value is -3.48. The number of carboxylic acid groups (broad SMARTS) is 3. The molecule has 23 heavy (non-hydrogen) atoms. The van der Waals surface area contributed by atoms with Gasteiger partial charge in [-0.15, -0.1) is 0 Å². The summed E-state index contributed by atoms with van der Waals surface area (Å²) in [7, 11) is 0. The Morgan fingerprint density at radius 2 is 1.17 bits per heavy atom. The number of rotatable bonds is 4. The third-order valence-electron chi connectivity index (χ3n) is 2.94. The summed E-state index contributed by atoms with van der Waals surface area (Å²) in [6, 6.07) is 9.22. The van der Waals surface area contributed by atoms with Crippen molar-refractivity contribution in [2.24, 2.45) is 0 Å². The van der Waals surface area contributed by atoms with Gasteiger partial charge in [-0.3, -0.25) is 0 Å². The molecule has 0 fully saturated rings. The van der Waals surface area contributed by atoms with Crippen LogP contribution in [0.4, 0.5) is 0 Å². The lowest BCUT2D eigenvalue weighted by atomic mass is 9.96. The molecule has 0 heterocycles. The second-order valence-electron chi connectivity index (χ2n) is 4.25. The summed E-state index contributed by atoms with van der Waals surface area (Å²) in [5, 5.41) is 27.0. The number of carbonyl (C=O) groups excluding carboxylic acids is 1. The van der Waals surface area contributed by atoms with Gasteiger partial charge in [0.1, 0.15) is 6.79 Å². The molecule has 0 atom stereocenters. The first-order chi connectivity index (χ1) is 10.9. The molecule has 0 amide bonds. The average Bonchev–Trinajstić information content (AvgIpc) is 2.56. The smallest absolute Gasteiger partial charge is 0.336 e.